The number of amides is 1. The molecular weight excluding hydrogens is 364 g/mol. The SMILES string of the molecule is CC(C)Sc1ccccc1C(=O)N[C@@H](C)c1ccc(N2CCC[C@H](C)C2)cc1. The quantitative estimate of drug-likeness (QED) is 0.616. The van der Waals surface area contributed by atoms with Crippen LogP contribution >= 0.6 is 11.8 Å². The summed E-state index contributed by atoms with van der Waals surface area (Å²) in [4.78, 5) is 16.4. The van der Waals surface area contributed by atoms with Crippen molar-refractivity contribution in [2.45, 2.75) is 56.7 Å². The van der Waals surface area contributed by atoms with Crippen molar-refractivity contribution in [2.24, 2.45) is 5.92 Å². The van der Waals surface area contributed by atoms with E-state index in [1.807, 2.05) is 31.2 Å². The Labute approximate surface area is 173 Å². The van der Waals surface area contributed by atoms with Crippen LogP contribution in [0.25, 0.3) is 0 Å². The van der Waals surface area contributed by atoms with Gasteiger partial charge in [-0.1, -0.05) is 45.0 Å². The van der Waals surface area contributed by atoms with Crippen LogP contribution in [0.3, 0.4) is 0 Å². The summed E-state index contributed by atoms with van der Waals surface area (Å²) in [5.74, 6) is 0.751. The maximum absolute atomic E-state index is 12.8. The highest BCUT2D eigenvalue weighted by atomic mass is 32.2. The number of benzene rings is 2. The maximum Gasteiger partial charge on any atom is 0.252 e. The van der Waals surface area contributed by atoms with Gasteiger partial charge < -0.3 is 10.2 Å². The van der Waals surface area contributed by atoms with Gasteiger partial charge in [0.05, 0.1) is 11.6 Å². The van der Waals surface area contributed by atoms with Crippen molar-refractivity contribution in [2.75, 3.05) is 18.0 Å². The van der Waals surface area contributed by atoms with Crippen molar-refractivity contribution in [3.8, 4) is 0 Å². The highest BCUT2D eigenvalue weighted by molar-refractivity contribution is 8.00. The van der Waals surface area contributed by atoms with E-state index in [2.05, 4.69) is 55.3 Å². The summed E-state index contributed by atoms with van der Waals surface area (Å²) >= 11 is 1.73. The van der Waals surface area contributed by atoms with Crippen LogP contribution < -0.4 is 10.2 Å². The fourth-order valence-corrected chi connectivity index (χ4v) is 4.72. The van der Waals surface area contributed by atoms with Gasteiger partial charge >= 0.3 is 0 Å². The average Bonchev–Trinajstić information content (AvgIpc) is 2.68. The summed E-state index contributed by atoms with van der Waals surface area (Å²) in [6.45, 7) is 10.9. The Hall–Kier alpha value is -1.94. The number of thioether (sulfide) groups is 1. The lowest BCUT2D eigenvalue weighted by molar-refractivity contribution is 0.0937. The van der Waals surface area contributed by atoms with Gasteiger partial charge in [0.1, 0.15) is 0 Å². The number of rotatable bonds is 6. The molecule has 0 radical (unpaired) electrons. The third kappa shape index (κ3) is 5.32. The van der Waals surface area contributed by atoms with Gasteiger partial charge in [0, 0.05) is 28.9 Å². The van der Waals surface area contributed by atoms with Crippen LogP contribution in [0.1, 0.15) is 62.5 Å². The number of carbonyl (C=O) groups is 1. The summed E-state index contributed by atoms with van der Waals surface area (Å²) in [7, 11) is 0. The fraction of sp³-hybridized carbons (Fsp3) is 0.458. The van der Waals surface area contributed by atoms with Gasteiger partial charge in [-0.2, -0.15) is 0 Å². The van der Waals surface area contributed by atoms with E-state index in [0.717, 1.165) is 35.0 Å². The minimum Gasteiger partial charge on any atom is -0.371 e. The second kappa shape index (κ2) is 9.51. The molecule has 28 heavy (non-hydrogen) atoms. The second-order valence-corrected chi connectivity index (χ2v) is 9.76. The molecule has 150 valence electrons. The summed E-state index contributed by atoms with van der Waals surface area (Å²) in [6, 6.07) is 16.5. The number of hydrogen-bond acceptors (Lipinski definition) is 3. The van der Waals surface area contributed by atoms with Crippen molar-refractivity contribution >= 4 is 23.4 Å². The zero-order valence-corrected chi connectivity index (χ0v) is 18.3. The first-order chi connectivity index (χ1) is 13.4. The molecule has 1 aliphatic rings. The summed E-state index contributed by atoms with van der Waals surface area (Å²) < 4.78 is 0. The number of piperidine rings is 1. The number of nitrogens with zero attached hydrogens (tertiary/aromatic N) is 1. The van der Waals surface area contributed by atoms with Crippen LogP contribution in [-0.4, -0.2) is 24.2 Å². The third-order valence-corrected chi connectivity index (χ3v) is 6.34. The normalized spacial score (nSPS) is 18.2. The molecule has 0 unspecified atom stereocenters. The van der Waals surface area contributed by atoms with E-state index in [0.29, 0.717) is 5.25 Å². The Morgan fingerprint density at radius 2 is 1.82 bits per heavy atom. The number of carbonyl (C=O) groups excluding carboxylic acids is 1. The van der Waals surface area contributed by atoms with Gasteiger partial charge in [0.15, 0.2) is 0 Å². The summed E-state index contributed by atoms with van der Waals surface area (Å²) in [5.41, 5.74) is 3.18. The lowest BCUT2D eigenvalue weighted by Crippen LogP contribution is -2.34. The molecule has 2 aromatic rings. The van der Waals surface area contributed by atoms with Gasteiger partial charge in [-0.05, 0) is 55.5 Å². The number of hydrogen-bond donors (Lipinski definition) is 1. The van der Waals surface area contributed by atoms with Gasteiger partial charge in [0.25, 0.3) is 5.91 Å². The molecule has 1 heterocycles. The van der Waals surface area contributed by atoms with E-state index in [-0.39, 0.29) is 11.9 Å². The van der Waals surface area contributed by atoms with Gasteiger partial charge in [-0.15, -0.1) is 11.8 Å². The molecule has 1 aliphatic heterocycles. The summed E-state index contributed by atoms with van der Waals surface area (Å²) in [5, 5.41) is 3.61. The van der Waals surface area contributed by atoms with Crippen LogP contribution in [0.5, 0.6) is 0 Å². The molecule has 3 rings (SSSR count). The maximum atomic E-state index is 12.8. The second-order valence-electron chi connectivity index (χ2n) is 8.14. The van der Waals surface area contributed by atoms with Crippen molar-refractivity contribution in [1.82, 2.24) is 5.32 Å². The van der Waals surface area contributed by atoms with E-state index < -0.39 is 0 Å². The lowest BCUT2D eigenvalue weighted by atomic mass is 9.99. The third-order valence-electron chi connectivity index (χ3n) is 5.26. The first-order valence-corrected chi connectivity index (χ1v) is 11.2. The highest BCUT2D eigenvalue weighted by Crippen LogP contribution is 2.28. The largest absolute Gasteiger partial charge is 0.371 e. The predicted octanol–water partition coefficient (Wildman–Crippen LogP) is 5.91. The molecule has 0 aliphatic carbocycles. The Morgan fingerprint density at radius 3 is 2.50 bits per heavy atom. The molecule has 0 aromatic heterocycles. The zero-order chi connectivity index (χ0) is 20.1. The molecule has 0 bridgehead atoms. The van der Waals surface area contributed by atoms with E-state index in [1.54, 1.807) is 11.8 Å². The molecule has 1 amide bonds. The molecule has 4 heteroatoms. The van der Waals surface area contributed by atoms with Crippen LogP contribution in [0.4, 0.5) is 5.69 Å². The van der Waals surface area contributed by atoms with Crippen LogP contribution in [0.2, 0.25) is 0 Å². The zero-order valence-electron chi connectivity index (χ0n) is 17.4. The Bertz CT molecular complexity index is 787. The van der Waals surface area contributed by atoms with Gasteiger partial charge in [-0.25, -0.2) is 0 Å². The lowest BCUT2D eigenvalue weighted by Gasteiger charge is -2.33. The topological polar surface area (TPSA) is 32.3 Å². The average molecular weight is 397 g/mol. The fourth-order valence-electron chi connectivity index (χ4n) is 3.77. The van der Waals surface area contributed by atoms with Crippen molar-refractivity contribution < 1.29 is 4.79 Å². The molecule has 3 nitrogen and oxygen atoms in total. The van der Waals surface area contributed by atoms with E-state index in [9.17, 15) is 4.79 Å². The smallest absolute Gasteiger partial charge is 0.252 e. The molecule has 0 spiro atoms. The van der Waals surface area contributed by atoms with Crippen molar-refractivity contribution in [1.29, 1.82) is 0 Å². The molecule has 2 aromatic carbocycles. The van der Waals surface area contributed by atoms with Crippen molar-refractivity contribution in [3.05, 3.63) is 59.7 Å². The minimum absolute atomic E-state index is 0.00909. The molecular formula is C24H32N2OS. The van der Waals surface area contributed by atoms with Crippen LogP contribution in [-0.2, 0) is 0 Å². The van der Waals surface area contributed by atoms with E-state index >= 15 is 0 Å². The molecule has 2 atom stereocenters. The Kier molecular flexibility index (Phi) is 7.06. The minimum atomic E-state index is -0.0288. The standard InChI is InChI=1S/C24H32N2OS/c1-17(2)28-23-10-6-5-9-22(23)24(27)25-19(4)20-11-13-21(14-12-20)26-15-7-8-18(3)16-26/h5-6,9-14,17-19H,7-8,15-16H2,1-4H3,(H,25,27)/t18-,19-/m0/s1. The Balaban J connectivity index is 1.66. The van der Waals surface area contributed by atoms with E-state index in [4.69, 9.17) is 0 Å². The molecule has 0 saturated carbocycles. The molecule has 1 N–H and O–H groups in total. The summed E-state index contributed by atoms with van der Waals surface area (Å²) in [6.07, 6.45) is 2.59. The number of anilines is 1. The van der Waals surface area contributed by atoms with Gasteiger partial charge in [-0.3, -0.25) is 4.79 Å². The predicted molar refractivity (Wildman–Crippen MR) is 120 cm³/mol. The highest BCUT2D eigenvalue weighted by Gasteiger charge is 2.18. The van der Waals surface area contributed by atoms with E-state index in [1.165, 1.54) is 18.5 Å². The van der Waals surface area contributed by atoms with Crippen LogP contribution in [0.15, 0.2) is 53.4 Å². The first-order valence-electron chi connectivity index (χ1n) is 10.4. The molecule has 1 saturated heterocycles. The first kappa shape index (κ1) is 20.8. The monoisotopic (exact) mass is 396 g/mol. The van der Waals surface area contributed by atoms with Crippen LogP contribution in [0, 0.1) is 5.92 Å². The molecule has 1 fully saturated rings. The van der Waals surface area contributed by atoms with Gasteiger partial charge in [0.2, 0.25) is 0 Å². The Morgan fingerprint density at radius 1 is 1.11 bits per heavy atom. The number of nitrogens with one attached hydrogen (secondary N) is 1. The van der Waals surface area contributed by atoms with Crippen molar-refractivity contribution in [3.63, 3.8) is 0 Å².